The van der Waals surface area contributed by atoms with Gasteiger partial charge in [0.2, 0.25) is 0 Å². The SMILES string of the molecule is Cc1cccc(NC(=O)N2CCCN(C(=O)c3cccnc3Cl)C2C(=O)NC2CCC(N)CC2)c1. The van der Waals surface area contributed by atoms with Crippen LogP contribution in [0.2, 0.25) is 5.15 Å². The number of benzene rings is 1. The largest absolute Gasteiger partial charge is 0.350 e. The maximum Gasteiger partial charge on any atom is 0.323 e. The Morgan fingerprint density at radius 1 is 1.06 bits per heavy atom. The molecule has 1 aromatic heterocycles. The van der Waals surface area contributed by atoms with Gasteiger partial charge in [0.15, 0.2) is 6.17 Å². The zero-order valence-electron chi connectivity index (χ0n) is 19.7. The number of aryl methyl sites for hydroxylation is 1. The van der Waals surface area contributed by atoms with Crippen molar-refractivity contribution in [3.63, 3.8) is 0 Å². The quantitative estimate of drug-likeness (QED) is 0.559. The van der Waals surface area contributed by atoms with Crippen molar-refractivity contribution in [1.29, 1.82) is 0 Å². The molecule has 0 radical (unpaired) electrons. The van der Waals surface area contributed by atoms with Gasteiger partial charge in [-0.25, -0.2) is 9.78 Å². The Labute approximate surface area is 210 Å². The number of pyridine rings is 1. The number of rotatable bonds is 4. The number of nitrogens with zero attached hydrogens (tertiary/aromatic N) is 3. The van der Waals surface area contributed by atoms with E-state index in [1.54, 1.807) is 18.2 Å². The first kappa shape index (κ1) is 24.9. The first-order valence-electron chi connectivity index (χ1n) is 11.9. The number of carbonyl (C=O) groups excluding carboxylic acids is 3. The number of nitrogens with two attached hydrogens (primary N) is 1. The lowest BCUT2D eigenvalue weighted by atomic mass is 9.91. The van der Waals surface area contributed by atoms with Crippen LogP contribution < -0.4 is 16.4 Å². The summed E-state index contributed by atoms with van der Waals surface area (Å²) < 4.78 is 0. The molecule has 1 aliphatic carbocycles. The molecule has 1 unspecified atom stereocenters. The van der Waals surface area contributed by atoms with Gasteiger partial charge in [-0.2, -0.15) is 0 Å². The first-order chi connectivity index (χ1) is 16.8. The van der Waals surface area contributed by atoms with Crippen molar-refractivity contribution in [1.82, 2.24) is 20.1 Å². The lowest BCUT2D eigenvalue weighted by molar-refractivity contribution is -0.133. The molecule has 0 spiro atoms. The summed E-state index contributed by atoms with van der Waals surface area (Å²) in [7, 11) is 0. The number of halogens is 1. The van der Waals surface area contributed by atoms with E-state index in [-0.39, 0.29) is 22.8 Å². The molecular formula is C25H31ClN6O3. The molecule has 9 nitrogen and oxygen atoms in total. The van der Waals surface area contributed by atoms with E-state index in [2.05, 4.69) is 15.6 Å². The maximum absolute atomic E-state index is 13.6. The topological polar surface area (TPSA) is 121 Å². The molecule has 1 atom stereocenters. The monoisotopic (exact) mass is 498 g/mol. The lowest BCUT2D eigenvalue weighted by Crippen LogP contribution is -2.65. The molecule has 1 aliphatic heterocycles. The predicted octanol–water partition coefficient (Wildman–Crippen LogP) is 3.14. The second-order valence-electron chi connectivity index (χ2n) is 9.18. The maximum atomic E-state index is 13.6. The van der Waals surface area contributed by atoms with Crippen molar-refractivity contribution in [3.8, 4) is 0 Å². The van der Waals surface area contributed by atoms with Crippen molar-refractivity contribution in [3.05, 3.63) is 58.9 Å². The minimum Gasteiger partial charge on any atom is -0.350 e. The Bertz CT molecular complexity index is 1090. The molecule has 1 aromatic carbocycles. The van der Waals surface area contributed by atoms with E-state index in [0.717, 1.165) is 31.2 Å². The standard InChI is InChI=1S/C25H31ClN6O3/c1-16-5-2-6-19(15-16)30-25(35)32-14-4-13-31(24(34)20-7-3-12-28-21(20)26)23(32)22(33)29-18-10-8-17(27)9-11-18/h2-3,5-7,12,15,17-18,23H,4,8-11,13-14,27H2,1H3,(H,29,33)(H,30,35). The predicted molar refractivity (Wildman–Crippen MR) is 134 cm³/mol. The van der Waals surface area contributed by atoms with Gasteiger partial charge in [-0.1, -0.05) is 23.7 Å². The minimum atomic E-state index is -1.12. The van der Waals surface area contributed by atoms with Crippen LogP contribution in [0, 0.1) is 6.92 Å². The van der Waals surface area contributed by atoms with E-state index in [0.29, 0.717) is 25.2 Å². The third-order valence-electron chi connectivity index (χ3n) is 6.52. The number of anilines is 1. The van der Waals surface area contributed by atoms with E-state index in [1.165, 1.54) is 16.0 Å². The van der Waals surface area contributed by atoms with Crippen LogP contribution in [0.4, 0.5) is 10.5 Å². The second-order valence-corrected chi connectivity index (χ2v) is 9.54. The smallest absolute Gasteiger partial charge is 0.323 e. The fraction of sp³-hybridized carbons (Fsp3) is 0.440. The number of urea groups is 1. The van der Waals surface area contributed by atoms with Crippen LogP contribution in [-0.4, -0.2) is 64.0 Å². The van der Waals surface area contributed by atoms with Gasteiger partial charge in [-0.3, -0.25) is 14.5 Å². The fourth-order valence-corrected chi connectivity index (χ4v) is 4.89. The Hall–Kier alpha value is -3.17. The summed E-state index contributed by atoms with van der Waals surface area (Å²) in [6.45, 7) is 2.57. The zero-order chi connectivity index (χ0) is 24.9. The van der Waals surface area contributed by atoms with Gasteiger partial charge >= 0.3 is 6.03 Å². The second kappa shape index (κ2) is 11.0. The summed E-state index contributed by atoms with van der Waals surface area (Å²) in [4.78, 5) is 47.2. The average molecular weight is 499 g/mol. The molecular weight excluding hydrogens is 468 g/mol. The van der Waals surface area contributed by atoms with E-state index in [9.17, 15) is 14.4 Å². The van der Waals surface area contributed by atoms with Crippen molar-refractivity contribution < 1.29 is 14.4 Å². The highest BCUT2D eigenvalue weighted by Crippen LogP contribution is 2.24. The number of aromatic nitrogens is 1. The van der Waals surface area contributed by atoms with E-state index >= 15 is 0 Å². The van der Waals surface area contributed by atoms with Crippen LogP contribution in [0.15, 0.2) is 42.6 Å². The zero-order valence-corrected chi connectivity index (χ0v) is 20.5. The minimum absolute atomic E-state index is 0.0511. The van der Waals surface area contributed by atoms with Crippen LogP contribution in [0.1, 0.15) is 48.0 Å². The molecule has 1 saturated heterocycles. The van der Waals surface area contributed by atoms with Gasteiger partial charge in [0.25, 0.3) is 11.8 Å². The number of hydrogen-bond acceptors (Lipinski definition) is 5. The summed E-state index contributed by atoms with van der Waals surface area (Å²) >= 11 is 6.19. The third-order valence-corrected chi connectivity index (χ3v) is 6.82. The molecule has 2 aliphatic rings. The average Bonchev–Trinajstić information content (AvgIpc) is 2.85. The fourth-order valence-electron chi connectivity index (χ4n) is 4.69. The Balaban J connectivity index is 1.60. The highest BCUT2D eigenvalue weighted by molar-refractivity contribution is 6.32. The molecule has 4 rings (SSSR count). The van der Waals surface area contributed by atoms with E-state index in [4.69, 9.17) is 17.3 Å². The Morgan fingerprint density at radius 2 is 1.80 bits per heavy atom. The normalized spacial score (nSPS) is 22.4. The summed E-state index contributed by atoms with van der Waals surface area (Å²) in [6.07, 6.45) is 4.06. The highest BCUT2D eigenvalue weighted by atomic mass is 35.5. The molecule has 2 fully saturated rings. The molecule has 4 N–H and O–H groups in total. The van der Waals surface area contributed by atoms with Crippen LogP contribution in [0.3, 0.4) is 0 Å². The summed E-state index contributed by atoms with van der Waals surface area (Å²) in [5, 5.41) is 5.99. The molecule has 4 amide bonds. The molecule has 10 heteroatoms. The Morgan fingerprint density at radius 3 is 2.51 bits per heavy atom. The molecule has 35 heavy (non-hydrogen) atoms. The van der Waals surface area contributed by atoms with E-state index in [1.807, 2.05) is 25.1 Å². The van der Waals surface area contributed by atoms with Gasteiger partial charge in [0, 0.05) is 37.1 Å². The van der Waals surface area contributed by atoms with Gasteiger partial charge in [0.1, 0.15) is 5.15 Å². The van der Waals surface area contributed by atoms with Gasteiger partial charge in [-0.15, -0.1) is 0 Å². The van der Waals surface area contributed by atoms with Crippen LogP contribution in [-0.2, 0) is 4.79 Å². The van der Waals surface area contributed by atoms with Crippen molar-refractivity contribution >= 4 is 35.1 Å². The number of nitrogens with one attached hydrogen (secondary N) is 2. The van der Waals surface area contributed by atoms with Gasteiger partial charge < -0.3 is 21.3 Å². The Kier molecular flexibility index (Phi) is 7.87. The molecule has 2 heterocycles. The molecule has 1 saturated carbocycles. The van der Waals surface area contributed by atoms with Crippen molar-refractivity contribution in [2.75, 3.05) is 18.4 Å². The highest BCUT2D eigenvalue weighted by Gasteiger charge is 2.42. The van der Waals surface area contributed by atoms with Gasteiger partial charge in [0.05, 0.1) is 5.56 Å². The molecule has 186 valence electrons. The summed E-state index contributed by atoms with van der Waals surface area (Å²) in [6, 6.07) is 10.2. The third kappa shape index (κ3) is 5.91. The van der Waals surface area contributed by atoms with Crippen molar-refractivity contribution in [2.24, 2.45) is 5.73 Å². The number of hydrogen-bond donors (Lipinski definition) is 3. The number of amides is 4. The van der Waals surface area contributed by atoms with Crippen LogP contribution >= 0.6 is 11.6 Å². The summed E-state index contributed by atoms with van der Waals surface area (Å²) in [5.74, 6) is -0.833. The van der Waals surface area contributed by atoms with Crippen LogP contribution in [0.5, 0.6) is 0 Å². The first-order valence-corrected chi connectivity index (χ1v) is 12.3. The summed E-state index contributed by atoms with van der Waals surface area (Å²) in [5.41, 5.74) is 7.82. The van der Waals surface area contributed by atoms with Crippen LogP contribution in [0.25, 0.3) is 0 Å². The van der Waals surface area contributed by atoms with Crippen molar-refractivity contribution in [2.45, 2.75) is 57.3 Å². The lowest BCUT2D eigenvalue weighted by Gasteiger charge is -2.43. The number of carbonyl (C=O) groups is 3. The van der Waals surface area contributed by atoms with Gasteiger partial charge in [-0.05, 0) is 68.9 Å². The van der Waals surface area contributed by atoms with E-state index < -0.39 is 24.0 Å². The molecule has 0 bridgehead atoms. The molecule has 2 aromatic rings.